The molecule has 2 rings (SSSR count). The van der Waals surface area contributed by atoms with E-state index in [1.54, 1.807) is 11.3 Å². The third-order valence-electron chi connectivity index (χ3n) is 3.46. The van der Waals surface area contributed by atoms with E-state index in [2.05, 4.69) is 33.4 Å². The molecule has 1 N–H and O–H groups in total. The number of nitrogens with one attached hydrogen (secondary N) is 1. The standard InChI is InChI=1S/C13H18BrNO2S/c1-17-13(16)9-2-4-10(5-3-9)15-8-11-6-7-12(14)18-11/h6-7,9-10,15H,2-5,8H2,1H3. The Bertz CT molecular complexity index is 399. The maximum atomic E-state index is 11.4. The van der Waals surface area contributed by atoms with Crippen LogP contribution in [0.2, 0.25) is 0 Å². The van der Waals surface area contributed by atoms with Gasteiger partial charge in [-0.1, -0.05) is 0 Å². The van der Waals surface area contributed by atoms with Gasteiger partial charge in [0.25, 0.3) is 0 Å². The molecule has 0 spiro atoms. The fraction of sp³-hybridized carbons (Fsp3) is 0.615. The van der Waals surface area contributed by atoms with Crippen LogP contribution < -0.4 is 5.32 Å². The van der Waals surface area contributed by atoms with Crippen LogP contribution in [0.1, 0.15) is 30.6 Å². The van der Waals surface area contributed by atoms with Gasteiger partial charge in [0.1, 0.15) is 0 Å². The van der Waals surface area contributed by atoms with Crippen LogP contribution in [0.3, 0.4) is 0 Å². The minimum absolute atomic E-state index is 0.0457. The first-order chi connectivity index (χ1) is 8.69. The molecule has 0 aromatic carbocycles. The maximum Gasteiger partial charge on any atom is 0.308 e. The van der Waals surface area contributed by atoms with Gasteiger partial charge in [0, 0.05) is 17.5 Å². The first-order valence-electron chi connectivity index (χ1n) is 6.24. The summed E-state index contributed by atoms with van der Waals surface area (Å²) in [5.41, 5.74) is 0. The quantitative estimate of drug-likeness (QED) is 0.860. The van der Waals surface area contributed by atoms with Crippen molar-refractivity contribution < 1.29 is 9.53 Å². The van der Waals surface area contributed by atoms with Crippen molar-refractivity contribution in [2.45, 2.75) is 38.3 Å². The molecule has 5 heteroatoms. The van der Waals surface area contributed by atoms with Crippen molar-refractivity contribution in [3.05, 3.63) is 20.8 Å². The van der Waals surface area contributed by atoms with Crippen LogP contribution in [-0.4, -0.2) is 19.1 Å². The van der Waals surface area contributed by atoms with E-state index >= 15 is 0 Å². The van der Waals surface area contributed by atoms with Crippen LogP contribution in [-0.2, 0) is 16.1 Å². The van der Waals surface area contributed by atoms with Gasteiger partial charge in [0.05, 0.1) is 16.8 Å². The van der Waals surface area contributed by atoms with E-state index < -0.39 is 0 Å². The lowest BCUT2D eigenvalue weighted by atomic mass is 9.86. The molecule has 1 aromatic rings. The van der Waals surface area contributed by atoms with E-state index in [9.17, 15) is 4.79 Å². The van der Waals surface area contributed by atoms with Gasteiger partial charge >= 0.3 is 5.97 Å². The van der Waals surface area contributed by atoms with E-state index in [1.165, 1.54) is 15.8 Å². The summed E-state index contributed by atoms with van der Waals surface area (Å²) in [6.07, 6.45) is 4.01. The van der Waals surface area contributed by atoms with Crippen LogP contribution in [0.25, 0.3) is 0 Å². The predicted molar refractivity (Wildman–Crippen MR) is 76.6 cm³/mol. The molecular formula is C13H18BrNO2S. The highest BCUT2D eigenvalue weighted by Gasteiger charge is 2.26. The zero-order valence-electron chi connectivity index (χ0n) is 10.4. The SMILES string of the molecule is COC(=O)C1CCC(NCc2ccc(Br)s2)CC1. The number of ether oxygens (including phenoxy) is 1. The molecular weight excluding hydrogens is 314 g/mol. The summed E-state index contributed by atoms with van der Waals surface area (Å²) in [7, 11) is 1.47. The Labute approximate surface area is 120 Å². The second-order valence-electron chi connectivity index (χ2n) is 4.66. The van der Waals surface area contributed by atoms with E-state index in [-0.39, 0.29) is 11.9 Å². The molecule has 1 aromatic heterocycles. The van der Waals surface area contributed by atoms with Gasteiger partial charge in [-0.25, -0.2) is 0 Å². The van der Waals surface area contributed by atoms with Gasteiger partial charge in [-0.15, -0.1) is 11.3 Å². The molecule has 0 amide bonds. The molecule has 0 aliphatic heterocycles. The number of carbonyl (C=O) groups excluding carboxylic acids is 1. The molecule has 1 aliphatic rings. The van der Waals surface area contributed by atoms with E-state index in [4.69, 9.17) is 4.74 Å². The van der Waals surface area contributed by atoms with Crippen LogP contribution in [0, 0.1) is 5.92 Å². The zero-order valence-corrected chi connectivity index (χ0v) is 12.9. The van der Waals surface area contributed by atoms with Crippen molar-refractivity contribution in [2.24, 2.45) is 5.92 Å². The molecule has 0 saturated heterocycles. The molecule has 1 heterocycles. The number of thiophene rings is 1. The Hall–Kier alpha value is -0.390. The van der Waals surface area contributed by atoms with Gasteiger partial charge in [0.15, 0.2) is 0 Å². The molecule has 3 nitrogen and oxygen atoms in total. The van der Waals surface area contributed by atoms with Crippen LogP contribution in [0.4, 0.5) is 0 Å². The van der Waals surface area contributed by atoms with Crippen molar-refractivity contribution in [1.29, 1.82) is 0 Å². The first kappa shape index (κ1) is 14.0. The predicted octanol–water partition coefficient (Wildman–Crippen LogP) is 3.33. The Kier molecular flexibility index (Phi) is 5.21. The number of halogens is 1. The Morgan fingerprint density at radius 3 is 2.72 bits per heavy atom. The summed E-state index contributed by atoms with van der Waals surface area (Å²) >= 11 is 5.23. The van der Waals surface area contributed by atoms with Crippen LogP contribution in [0.15, 0.2) is 15.9 Å². The van der Waals surface area contributed by atoms with Gasteiger partial charge in [-0.05, 0) is 53.7 Å². The summed E-state index contributed by atoms with van der Waals surface area (Å²) in [6, 6.07) is 4.75. The van der Waals surface area contributed by atoms with E-state index in [1.807, 2.05) is 0 Å². The van der Waals surface area contributed by atoms with Crippen molar-refractivity contribution in [3.8, 4) is 0 Å². The van der Waals surface area contributed by atoms with E-state index in [0.717, 1.165) is 32.2 Å². The van der Waals surface area contributed by atoms with Gasteiger partial charge in [-0.2, -0.15) is 0 Å². The first-order valence-corrected chi connectivity index (χ1v) is 7.85. The second kappa shape index (κ2) is 6.68. The molecule has 100 valence electrons. The lowest BCUT2D eigenvalue weighted by molar-refractivity contribution is -0.146. The van der Waals surface area contributed by atoms with Gasteiger partial charge < -0.3 is 10.1 Å². The monoisotopic (exact) mass is 331 g/mol. The highest BCUT2D eigenvalue weighted by Crippen LogP contribution is 2.26. The van der Waals surface area contributed by atoms with Crippen molar-refractivity contribution in [1.82, 2.24) is 5.32 Å². The van der Waals surface area contributed by atoms with Gasteiger partial charge in [0.2, 0.25) is 0 Å². The highest BCUT2D eigenvalue weighted by molar-refractivity contribution is 9.11. The summed E-state index contributed by atoms with van der Waals surface area (Å²) < 4.78 is 5.97. The fourth-order valence-electron chi connectivity index (χ4n) is 2.39. The molecule has 1 fully saturated rings. The smallest absolute Gasteiger partial charge is 0.308 e. The van der Waals surface area contributed by atoms with Gasteiger partial charge in [-0.3, -0.25) is 4.79 Å². The molecule has 0 bridgehead atoms. The maximum absolute atomic E-state index is 11.4. The zero-order chi connectivity index (χ0) is 13.0. The Balaban J connectivity index is 1.72. The second-order valence-corrected chi connectivity index (χ2v) is 7.21. The lowest BCUT2D eigenvalue weighted by Gasteiger charge is -2.27. The number of hydrogen-bond acceptors (Lipinski definition) is 4. The average Bonchev–Trinajstić information content (AvgIpc) is 2.82. The average molecular weight is 332 g/mol. The molecule has 1 saturated carbocycles. The van der Waals surface area contributed by atoms with Crippen molar-refractivity contribution in [2.75, 3.05) is 7.11 Å². The number of rotatable bonds is 4. The minimum Gasteiger partial charge on any atom is -0.469 e. The third-order valence-corrected chi connectivity index (χ3v) is 5.08. The van der Waals surface area contributed by atoms with Crippen LogP contribution >= 0.6 is 27.3 Å². The number of methoxy groups -OCH3 is 1. The minimum atomic E-state index is -0.0457. The van der Waals surface area contributed by atoms with E-state index in [0.29, 0.717) is 6.04 Å². The lowest BCUT2D eigenvalue weighted by Crippen LogP contribution is -2.34. The Morgan fingerprint density at radius 1 is 1.44 bits per heavy atom. The Morgan fingerprint density at radius 2 is 2.17 bits per heavy atom. The summed E-state index contributed by atoms with van der Waals surface area (Å²) in [5.74, 6) is 0.0690. The third kappa shape index (κ3) is 3.80. The van der Waals surface area contributed by atoms with Crippen LogP contribution in [0.5, 0.6) is 0 Å². The number of esters is 1. The summed E-state index contributed by atoms with van der Waals surface area (Å²) in [6.45, 7) is 0.920. The topological polar surface area (TPSA) is 38.3 Å². The highest BCUT2D eigenvalue weighted by atomic mass is 79.9. The molecule has 0 atom stereocenters. The van der Waals surface area contributed by atoms with Crippen molar-refractivity contribution in [3.63, 3.8) is 0 Å². The molecule has 0 radical (unpaired) electrons. The summed E-state index contributed by atoms with van der Waals surface area (Å²) in [4.78, 5) is 12.8. The number of carbonyl (C=O) groups is 1. The molecule has 0 unspecified atom stereocenters. The van der Waals surface area contributed by atoms with Crippen molar-refractivity contribution >= 4 is 33.2 Å². The number of hydrogen-bond donors (Lipinski definition) is 1. The molecule has 18 heavy (non-hydrogen) atoms. The fourth-order valence-corrected chi connectivity index (χ4v) is 3.83. The summed E-state index contributed by atoms with van der Waals surface area (Å²) in [5, 5.41) is 3.57. The normalized spacial score (nSPS) is 23.9. The molecule has 1 aliphatic carbocycles. The largest absolute Gasteiger partial charge is 0.469 e.